The molecule has 0 saturated carbocycles. The van der Waals surface area contributed by atoms with E-state index in [2.05, 4.69) is 35.4 Å². The van der Waals surface area contributed by atoms with E-state index >= 15 is 0 Å². The van der Waals surface area contributed by atoms with Crippen LogP contribution in [-0.2, 0) is 6.54 Å². The Balaban J connectivity index is 1.62. The van der Waals surface area contributed by atoms with Crippen molar-refractivity contribution in [3.05, 3.63) is 47.3 Å². The zero-order valence-electron chi connectivity index (χ0n) is 14.9. The number of hydrogen-bond acceptors (Lipinski definition) is 4. The number of hydrogen-bond donors (Lipinski definition) is 2. The van der Waals surface area contributed by atoms with E-state index in [1.54, 1.807) is 0 Å². The number of nitrogens with two attached hydrogens (primary N) is 1. The monoisotopic (exact) mass is 342 g/mol. The lowest BCUT2D eigenvalue weighted by molar-refractivity contribution is 0.262. The van der Waals surface area contributed by atoms with Gasteiger partial charge in [-0.2, -0.15) is 0 Å². The number of nitrogens with zero attached hydrogens (tertiary/aromatic N) is 2. The summed E-state index contributed by atoms with van der Waals surface area (Å²) < 4.78 is 11.1. The average Bonchev–Trinajstić information content (AvgIpc) is 3.10. The summed E-state index contributed by atoms with van der Waals surface area (Å²) in [5.74, 6) is 2.49. The minimum absolute atomic E-state index is 0.114. The first-order chi connectivity index (χ1) is 12.2. The first-order valence-corrected chi connectivity index (χ1v) is 8.94. The molecule has 1 unspecified atom stereocenters. The predicted octanol–water partition coefficient (Wildman–Crippen LogP) is 3.51. The van der Waals surface area contributed by atoms with Gasteiger partial charge in [-0.1, -0.05) is 37.2 Å². The van der Waals surface area contributed by atoms with Crippen LogP contribution in [0.15, 0.2) is 39.8 Å². The zero-order chi connectivity index (χ0) is 17.6. The fraction of sp³-hybridized carbons (Fsp3) is 0.474. The van der Waals surface area contributed by atoms with Gasteiger partial charge in [0.05, 0.1) is 18.3 Å². The molecule has 1 atom stereocenters. The van der Waals surface area contributed by atoms with Crippen LogP contribution in [0.1, 0.15) is 62.1 Å². The van der Waals surface area contributed by atoms with Gasteiger partial charge in [-0.15, -0.1) is 0 Å². The molecule has 25 heavy (non-hydrogen) atoms. The fourth-order valence-electron chi connectivity index (χ4n) is 3.18. The highest BCUT2D eigenvalue weighted by Crippen LogP contribution is 2.31. The molecule has 0 saturated heterocycles. The Labute approximate surface area is 148 Å². The van der Waals surface area contributed by atoms with Crippen molar-refractivity contribution in [2.75, 3.05) is 6.61 Å². The summed E-state index contributed by atoms with van der Waals surface area (Å²) in [5.41, 5.74) is 8.18. The van der Waals surface area contributed by atoms with Crippen LogP contribution in [0, 0.1) is 0 Å². The molecule has 3 rings (SSSR count). The molecule has 3 N–H and O–H groups in total. The van der Waals surface area contributed by atoms with Crippen LogP contribution in [0.25, 0.3) is 0 Å². The Morgan fingerprint density at radius 1 is 1.36 bits per heavy atom. The Hall–Kier alpha value is -2.50. The van der Waals surface area contributed by atoms with Crippen molar-refractivity contribution < 1.29 is 9.26 Å². The van der Waals surface area contributed by atoms with Crippen molar-refractivity contribution in [3.8, 4) is 5.75 Å². The Morgan fingerprint density at radius 2 is 2.16 bits per heavy atom. The van der Waals surface area contributed by atoms with Gasteiger partial charge in [-0.05, 0) is 18.9 Å². The van der Waals surface area contributed by atoms with E-state index in [1.165, 1.54) is 0 Å². The zero-order valence-corrected chi connectivity index (χ0v) is 14.9. The molecule has 0 aliphatic carbocycles. The van der Waals surface area contributed by atoms with Gasteiger partial charge >= 0.3 is 0 Å². The fourth-order valence-corrected chi connectivity index (χ4v) is 3.18. The maximum atomic E-state index is 6.06. The van der Waals surface area contributed by atoms with Crippen LogP contribution < -0.4 is 15.8 Å². The number of para-hydroxylation sites is 1. The predicted molar refractivity (Wildman–Crippen MR) is 97.6 cm³/mol. The molecule has 0 radical (unpaired) electrons. The molecule has 1 aromatic heterocycles. The first-order valence-electron chi connectivity index (χ1n) is 8.94. The van der Waals surface area contributed by atoms with E-state index in [1.807, 2.05) is 24.3 Å². The molecule has 0 amide bonds. The molecular formula is C19H26N4O2. The second-order valence-electron chi connectivity index (χ2n) is 6.30. The molecule has 2 aromatic rings. The number of aliphatic imine (C=N–C) groups is 1. The van der Waals surface area contributed by atoms with Gasteiger partial charge in [0.2, 0.25) is 0 Å². The number of benzene rings is 1. The largest absolute Gasteiger partial charge is 0.493 e. The van der Waals surface area contributed by atoms with Crippen LogP contribution in [-0.4, -0.2) is 17.7 Å². The highest BCUT2D eigenvalue weighted by Gasteiger charge is 2.21. The topological polar surface area (TPSA) is 85.7 Å². The van der Waals surface area contributed by atoms with Crippen molar-refractivity contribution in [2.45, 2.75) is 51.6 Å². The van der Waals surface area contributed by atoms with E-state index < -0.39 is 0 Å². The van der Waals surface area contributed by atoms with E-state index in [-0.39, 0.29) is 6.04 Å². The molecule has 6 heteroatoms. The molecule has 2 heterocycles. The SMILES string of the molecule is CCC(CC)c1cc(CN=C(N)NC2CCOc3ccccc32)on1. The summed E-state index contributed by atoms with van der Waals surface area (Å²) in [5, 5.41) is 7.44. The van der Waals surface area contributed by atoms with Gasteiger partial charge in [0, 0.05) is 24.0 Å². The number of aromatic nitrogens is 1. The van der Waals surface area contributed by atoms with Crippen LogP contribution in [0.3, 0.4) is 0 Å². The minimum Gasteiger partial charge on any atom is -0.493 e. The van der Waals surface area contributed by atoms with Gasteiger partial charge in [0.25, 0.3) is 0 Å². The first kappa shape index (κ1) is 17.3. The Kier molecular flexibility index (Phi) is 5.58. The summed E-state index contributed by atoms with van der Waals surface area (Å²) in [6.45, 7) is 5.38. The highest BCUT2D eigenvalue weighted by molar-refractivity contribution is 5.78. The van der Waals surface area contributed by atoms with Gasteiger partial charge < -0.3 is 20.3 Å². The van der Waals surface area contributed by atoms with Crippen molar-refractivity contribution in [1.82, 2.24) is 10.5 Å². The quantitative estimate of drug-likeness (QED) is 0.620. The molecule has 6 nitrogen and oxygen atoms in total. The minimum atomic E-state index is 0.114. The van der Waals surface area contributed by atoms with Gasteiger partial charge in [0.15, 0.2) is 11.7 Å². The normalized spacial score (nSPS) is 17.2. The number of ether oxygens (including phenoxy) is 1. The summed E-state index contributed by atoms with van der Waals surface area (Å²) in [7, 11) is 0. The third-order valence-corrected chi connectivity index (χ3v) is 4.67. The maximum absolute atomic E-state index is 6.06. The summed E-state index contributed by atoms with van der Waals surface area (Å²) in [4.78, 5) is 4.39. The number of guanidine groups is 1. The Morgan fingerprint density at radius 3 is 2.96 bits per heavy atom. The second kappa shape index (κ2) is 8.05. The molecule has 0 bridgehead atoms. The smallest absolute Gasteiger partial charge is 0.189 e. The van der Waals surface area contributed by atoms with E-state index in [0.717, 1.165) is 42.0 Å². The van der Waals surface area contributed by atoms with Gasteiger partial charge in [0.1, 0.15) is 12.3 Å². The van der Waals surface area contributed by atoms with E-state index in [0.29, 0.717) is 25.0 Å². The maximum Gasteiger partial charge on any atom is 0.189 e. The summed E-state index contributed by atoms with van der Waals surface area (Å²) in [6, 6.07) is 10.1. The number of rotatable bonds is 6. The third kappa shape index (κ3) is 4.13. The van der Waals surface area contributed by atoms with Gasteiger partial charge in [-0.25, -0.2) is 4.99 Å². The number of fused-ring (bicyclic) bond motifs is 1. The molecule has 134 valence electrons. The summed E-state index contributed by atoms with van der Waals surface area (Å²) >= 11 is 0. The lowest BCUT2D eigenvalue weighted by Gasteiger charge is -2.26. The van der Waals surface area contributed by atoms with Crippen molar-refractivity contribution in [1.29, 1.82) is 0 Å². The average molecular weight is 342 g/mol. The molecule has 0 fully saturated rings. The van der Waals surface area contributed by atoms with Crippen LogP contribution in [0.4, 0.5) is 0 Å². The molecule has 1 aromatic carbocycles. The number of nitrogens with one attached hydrogen (secondary N) is 1. The van der Waals surface area contributed by atoms with Crippen LogP contribution in [0.2, 0.25) is 0 Å². The molecule has 1 aliphatic rings. The van der Waals surface area contributed by atoms with Crippen LogP contribution in [0.5, 0.6) is 5.75 Å². The standard InChI is InChI=1S/C19H26N4O2/c1-3-13(4-2)17-11-14(25-23-17)12-21-19(20)22-16-9-10-24-18-8-6-5-7-15(16)18/h5-8,11,13,16H,3-4,9-10,12H2,1-2H3,(H3,20,21,22). The van der Waals surface area contributed by atoms with E-state index in [4.69, 9.17) is 15.0 Å². The lowest BCUT2D eigenvalue weighted by Crippen LogP contribution is -2.37. The molecular weight excluding hydrogens is 316 g/mol. The van der Waals surface area contributed by atoms with Crippen molar-refractivity contribution >= 4 is 5.96 Å². The Bertz CT molecular complexity index is 722. The van der Waals surface area contributed by atoms with Crippen molar-refractivity contribution in [2.24, 2.45) is 10.7 Å². The molecule has 0 spiro atoms. The lowest BCUT2D eigenvalue weighted by atomic mass is 9.99. The highest BCUT2D eigenvalue weighted by atomic mass is 16.5. The van der Waals surface area contributed by atoms with Crippen LogP contribution >= 0.6 is 0 Å². The molecule has 1 aliphatic heterocycles. The third-order valence-electron chi connectivity index (χ3n) is 4.67. The second-order valence-corrected chi connectivity index (χ2v) is 6.30. The summed E-state index contributed by atoms with van der Waals surface area (Å²) in [6.07, 6.45) is 2.96. The van der Waals surface area contributed by atoms with E-state index in [9.17, 15) is 0 Å². The van der Waals surface area contributed by atoms with Gasteiger partial charge in [-0.3, -0.25) is 0 Å². The van der Waals surface area contributed by atoms with Crippen molar-refractivity contribution in [3.63, 3.8) is 0 Å².